The molecule has 0 unspecified atom stereocenters. The van der Waals surface area contributed by atoms with E-state index in [-0.39, 0.29) is 21.9 Å². The first-order valence-electron chi connectivity index (χ1n) is 9.16. The van der Waals surface area contributed by atoms with Crippen molar-refractivity contribution in [2.24, 2.45) is 0 Å². The van der Waals surface area contributed by atoms with Crippen molar-refractivity contribution in [3.05, 3.63) is 68.1 Å². The summed E-state index contributed by atoms with van der Waals surface area (Å²) in [4.78, 5) is 24.5. The van der Waals surface area contributed by atoms with E-state index in [0.29, 0.717) is 33.8 Å². The molecule has 0 bridgehead atoms. The zero-order valence-corrected chi connectivity index (χ0v) is 18.4. The molecule has 2 aromatic heterocycles. The van der Waals surface area contributed by atoms with Gasteiger partial charge >= 0.3 is 5.97 Å². The Bertz CT molecular complexity index is 1480. The van der Waals surface area contributed by atoms with E-state index in [9.17, 15) is 14.7 Å². The molecule has 0 saturated carbocycles. The van der Waals surface area contributed by atoms with Crippen LogP contribution in [0.2, 0.25) is 5.02 Å². The van der Waals surface area contributed by atoms with Crippen LogP contribution in [0.25, 0.3) is 16.5 Å². The summed E-state index contributed by atoms with van der Waals surface area (Å²) in [6, 6.07) is 7.80. The first-order chi connectivity index (χ1) is 15.3. The van der Waals surface area contributed by atoms with Crippen LogP contribution in [-0.2, 0) is 6.54 Å². The van der Waals surface area contributed by atoms with Gasteiger partial charge in [-0.05, 0) is 42.5 Å². The Kier molecular flexibility index (Phi) is 5.68. The van der Waals surface area contributed by atoms with Crippen LogP contribution in [0.1, 0.15) is 16.2 Å². The number of methoxy groups -OCH3 is 2. The smallest absolute Gasteiger partial charge is 0.337 e. The zero-order chi connectivity index (χ0) is 23.0. The van der Waals surface area contributed by atoms with Crippen LogP contribution in [-0.4, -0.2) is 49.8 Å². The number of aromatic nitrogens is 5. The fourth-order valence-electron chi connectivity index (χ4n) is 3.35. The summed E-state index contributed by atoms with van der Waals surface area (Å²) in [6.45, 7) is -0.0272. The lowest BCUT2D eigenvalue weighted by Crippen LogP contribution is -2.25. The predicted molar refractivity (Wildman–Crippen MR) is 119 cm³/mol. The van der Waals surface area contributed by atoms with Gasteiger partial charge in [-0.2, -0.15) is 10.2 Å². The maximum Gasteiger partial charge on any atom is 0.337 e. The van der Waals surface area contributed by atoms with Gasteiger partial charge in [-0.3, -0.25) is 14.5 Å². The highest BCUT2D eigenvalue weighted by molar-refractivity contribution is 7.71. The monoisotopic (exact) mass is 473 g/mol. The highest BCUT2D eigenvalue weighted by atomic mass is 35.5. The lowest BCUT2D eigenvalue weighted by molar-refractivity contribution is 0.0697. The summed E-state index contributed by atoms with van der Waals surface area (Å²) >= 11 is 11.4. The molecular weight excluding hydrogens is 458 g/mol. The molecular formula is C20H16ClN5O5S. The van der Waals surface area contributed by atoms with Crippen molar-refractivity contribution in [2.75, 3.05) is 14.2 Å². The Labute approximate surface area is 190 Å². The van der Waals surface area contributed by atoms with Crippen molar-refractivity contribution in [3.63, 3.8) is 0 Å². The summed E-state index contributed by atoms with van der Waals surface area (Å²) < 4.78 is 13.7. The third-order valence-corrected chi connectivity index (χ3v) is 5.42. The summed E-state index contributed by atoms with van der Waals surface area (Å²) in [5, 5.41) is 21.3. The van der Waals surface area contributed by atoms with Crippen molar-refractivity contribution in [1.82, 2.24) is 24.5 Å². The SMILES string of the molecule is COc1ccc2cnn(Cc3n[nH]c(=S)n3-c3ccc(C(=O)O)c(Cl)c3)c(=O)c2c1OC. The minimum Gasteiger partial charge on any atom is -0.493 e. The number of nitrogens with one attached hydrogen (secondary N) is 1. The number of hydrogen-bond donors (Lipinski definition) is 2. The van der Waals surface area contributed by atoms with Gasteiger partial charge in [0, 0.05) is 5.39 Å². The van der Waals surface area contributed by atoms with Gasteiger partial charge in [0.25, 0.3) is 5.56 Å². The van der Waals surface area contributed by atoms with Gasteiger partial charge < -0.3 is 14.6 Å². The van der Waals surface area contributed by atoms with Crippen molar-refractivity contribution in [2.45, 2.75) is 6.54 Å². The lowest BCUT2D eigenvalue weighted by Gasteiger charge is -2.12. The molecule has 0 amide bonds. The van der Waals surface area contributed by atoms with Crippen molar-refractivity contribution < 1.29 is 19.4 Å². The number of carboxylic acids is 1. The van der Waals surface area contributed by atoms with Gasteiger partial charge in [-0.1, -0.05) is 11.6 Å². The van der Waals surface area contributed by atoms with Crippen LogP contribution in [0.3, 0.4) is 0 Å². The number of aromatic amines is 1. The summed E-state index contributed by atoms with van der Waals surface area (Å²) in [5.74, 6) is -0.0504. The number of hydrogen-bond acceptors (Lipinski definition) is 7. The second kappa shape index (κ2) is 8.44. The maximum atomic E-state index is 13.2. The molecule has 0 radical (unpaired) electrons. The topological polar surface area (TPSA) is 124 Å². The Balaban J connectivity index is 1.83. The van der Waals surface area contributed by atoms with Crippen LogP contribution in [0, 0.1) is 4.77 Å². The van der Waals surface area contributed by atoms with Gasteiger partial charge in [0.05, 0.1) is 42.1 Å². The van der Waals surface area contributed by atoms with Crippen LogP contribution >= 0.6 is 23.8 Å². The number of carboxylic acid groups (broad SMARTS) is 1. The summed E-state index contributed by atoms with van der Waals surface area (Å²) in [7, 11) is 2.94. The fourth-order valence-corrected chi connectivity index (χ4v) is 3.86. The third kappa shape index (κ3) is 3.61. The molecule has 10 nitrogen and oxygen atoms in total. The highest BCUT2D eigenvalue weighted by Crippen LogP contribution is 2.32. The molecule has 0 aliphatic carbocycles. The molecule has 164 valence electrons. The van der Waals surface area contributed by atoms with Gasteiger partial charge in [-0.15, -0.1) is 0 Å². The van der Waals surface area contributed by atoms with Gasteiger partial charge in [0.2, 0.25) is 0 Å². The predicted octanol–water partition coefficient (Wildman–Crippen LogP) is 3.06. The molecule has 0 aliphatic rings. The molecule has 2 aromatic carbocycles. The molecule has 0 spiro atoms. The molecule has 12 heteroatoms. The largest absolute Gasteiger partial charge is 0.493 e. The van der Waals surface area contributed by atoms with Gasteiger partial charge in [-0.25, -0.2) is 9.48 Å². The van der Waals surface area contributed by atoms with E-state index in [1.165, 1.54) is 31.0 Å². The number of carbonyl (C=O) groups is 1. The zero-order valence-electron chi connectivity index (χ0n) is 16.8. The van der Waals surface area contributed by atoms with E-state index in [2.05, 4.69) is 15.3 Å². The molecule has 0 saturated heterocycles. The first kappa shape index (κ1) is 21.5. The number of benzene rings is 2. The standard InChI is InChI=1S/C20H16ClN5O5S/c1-30-14-6-3-10-8-22-25(18(27)16(10)17(14)31-2)9-15-23-24-20(32)26(15)11-4-5-12(19(28)29)13(21)7-11/h3-8H,9H2,1-2H3,(H,24,32)(H,28,29). The molecule has 0 aliphatic heterocycles. The normalized spacial score (nSPS) is 11.0. The molecule has 0 fully saturated rings. The number of nitrogens with zero attached hydrogens (tertiary/aromatic N) is 4. The Morgan fingerprint density at radius 3 is 2.69 bits per heavy atom. The summed E-state index contributed by atoms with van der Waals surface area (Å²) in [6.07, 6.45) is 1.54. The average Bonchev–Trinajstić information content (AvgIpc) is 3.14. The molecule has 32 heavy (non-hydrogen) atoms. The second-order valence-corrected chi connectivity index (χ2v) is 7.42. The Hall–Kier alpha value is -3.70. The van der Waals surface area contributed by atoms with Gasteiger partial charge in [0.15, 0.2) is 22.1 Å². The number of ether oxygens (including phenoxy) is 2. The van der Waals surface area contributed by atoms with Crippen LogP contribution in [0.5, 0.6) is 11.5 Å². The maximum absolute atomic E-state index is 13.2. The highest BCUT2D eigenvalue weighted by Gasteiger charge is 2.18. The number of aromatic carboxylic acids is 1. The van der Waals surface area contributed by atoms with Crippen LogP contribution in [0.4, 0.5) is 0 Å². The van der Waals surface area contributed by atoms with Crippen LogP contribution < -0.4 is 15.0 Å². The molecule has 4 aromatic rings. The Morgan fingerprint density at radius 2 is 2.03 bits per heavy atom. The first-order valence-corrected chi connectivity index (χ1v) is 9.94. The molecule has 0 atom stereocenters. The van der Waals surface area contributed by atoms with Gasteiger partial charge in [0.1, 0.15) is 6.54 Å². The van der Waals surface area contributed by atoms with E-state index in [4.69, 9.17) is 33.3 Å². The van der Waals surface area contributed by atoms with Crippen LogP contribution in [0.15, 0.2) is 41.3 Å². The average molecular weight is 474 g/mol. The lowest BCUT2D eigenvalue weighted by atomic mass is 10.1. The van der Waals surface area contributed by atoms with Crippen molar-refractivity contribution in [3.8, 4) is 17.2 Å². The number of halogens is 1. The fraction of sp³-hybridized carbons (Fsp3) is 0.150. The van der Waals surface area contributed by atoms with E-state index in [0.717, 1.165) is 0 Å². The van der Waals surface area contributed by atoms with Crippen molar-refractivity contribution >= 4 is 40.6 Å². The number of rotatable bonds is 6. The number of H-pyrrole nitrogens is 1. The number of fused-ring (bicyclic) bond motifs is 1. The summed E-state index contributed by atoms with van der Waals surface area (Å²) in [5.41, 5.74) is 0.0419. The minimum atomic E-state index is -1.14. The molecule has 2 N–H and O–H groups in total. The Morgan fingerprint density at radius 1 is 1.25 bits per heavy atom. The van der Waals surface area contributed by atoms with E-state index in [1.807, 2.05) is 0 Å². The minimum absolute atomic E-state index is 0.0272. The third-order valence-electron chi connectivity index (χ3n) is 4.84. The van der Waals surface area contributed by atoms with E-state index in [1.54, 1.807) is 29.0 Å². The second-order valence-electron chi connectivity index (χ2n) is 6.62. The van der Waals surface area contributed by atoms with Crippen molar-refractivity contribution in [1.29, 1.82) is 0 Å². The molecule has 2 heterocycles. The molecule has 4 rings (SSSR count). The van der Waals surface area contributed by atoms with E-state index < -0.39 is 11.5 Å². The van der Waals surface area contributed by atoms with E-state index >= 15 is 0 Å². The quantitative estimate of drug-likeness (QED) is 0.409.